The van der Waals surface area contributed by atoms with E-state index in [1.165, 1.54) is 6.42 Å². The molecule has 0 bridgehead atoms. The van der Waals surface area contributed by atoms with Gasteiger partial charge in [-0.05, 0) is 38.7 Å². The average molecular weight is 334 g/mol. The summed E-state index contributed by atoms with van der Waals surface area (Å²) in [6.45, 7) is 7.33. The van der Waals surface area contributed by atoms with Crippen molar-refractivity contribution in [1.82, 2.24) is 4.98 Å². The van der Waals surface area contributed by atoms with Crippen molar-refractivity contribution in [2.45, 2.75) is 71.3 Å². The molecule has 24 heavy (non-hydrogen) atoms. The van der Waals surface area contributed by atoms with Gasteiger partial charge in [0, 0.05) is 12.2 Å². The number of anilines is 1. The van der Waals surface area contributed by atoms with Gasteiger partial charge in [0.25, 0.3) is 5.91 Å². The van der Waals surface area contributed by atoms with Crippen molar-refractivity contribution in [3.63, 3.8) is 0 Å². The van der Waals surface area contributed by atoms with Crippen LogP contribution in [0.1, 0.15) is 64.4 Å². The van der Waals surface area contributed by atoms with Crippen LogP contribution in [-0.4, -0.2) is 29.7 Å². The number of pyridine rings is 1. The van der Waals surface area contributed by atoms with E-state index in [0.29, 0.717) is 24.8 Å². The Hall–Kier alpha value is -1.62. The van der Waals surface area contributed by atoms with Crippen LogP contribution < -0.4 is 10.1 Å². The Labute approximate surface area is 145 Å². The number of rotatable bonds is 8. The summed E-state index contributed by atoms with van der Waals surface area (Å²) in [5, 5.41) is 3.00. The third kappa shape index (κ3) is 4.69. The molecule has 0 saturated heterocycles. The number of nitrogens with zero attached hydrogens (tertiary/aromatic N) is 1. The van der Waals surface area contributed by atoms with Crippen molar-refractivity contribution in [3.8, 4) is 5.88 Å². The summed E-state index contributed by atoms with van der Waals surface area (Å²) in [5.74, 6) is 0.587. The Bertz CT molecular complexity index is 539. The minimum absolute atomic E-state index is 0.0425. The van der Waals surface area contributed by atoms with Crippen molar-refractivity contribution < 1.29 is 14.3 Å². The highest BCUT2D eigenvalue weighted by Gasteiger charge is 2.40. The van der Waals surface area contributed by atoms with E-state index in [2.05, 4.69) is 24.1 Å². The Balaban J connectivity index is 2.07. The number of aromatic nitrogens is 1. The maximum absolute atomic E-state index is 12.9. The number of carbonyl (C=O) groups excluding carboxylic acids is 1. The molecular weight excluding hydrogens is 304 g/mol. The normalized spacial score (nSPS) is 16.6. The van der Waals surface area contributed by atoms with Crippen molar-refractivity contribution in [3.05, 3.63) is 17.8 Å². The fraction of sp³-hybridized carbons (Fsp3) is 0.684. The minimum atomic E-state index is -0.681. The minimum Gasteiger partial charge on any atom is -0.477 e. The lowest BCUT2D eigenvalue weighted by Gasteiger charge is -2.35. The maximum atomic E-state index is 12.9. The van der Waals surface area contributed by atoms with Crippen LogP contribution in [-0.2, 0) is 9.53 Å². The van der Waals surface area contributed by atoms with Gasteiger partial charge in [-0.25, -0.2) is 4.98 Å². The molecule has 0 spiro atoms. The van der Waals surface area contributed by atoms with Gasteiger partial charge in [0.2, 0.25) is 5.88 Å². The van der Waals surface area contributed by atoms with E-state index in [9.17, 15) is 4.79 Å². The highest BCUT2D eigenvalue weighted by atomic mass is 16.5. The lowest BCUT2D eigenvalue weighted by molar-refractivity contribution is -0.146. The van der Waals surface area contributed by atoms with Crippen LogP contribution in [0.4, 0.5) is 5.69 Å². The summed E-state index contributed by atoms with van der Waals surface area (Å²) in [4.78, 5) is 17.2. The van der Waals surface area contributed by atoms with Gasteiger partial charge in [-0.15, -0.1) is 0 Å². The van der Waals surface area contributed by atoms with Crippen molar-refractivity contribution in [1.29, 1.82) is 0 Å². The lowest BCUT2D eigenvalue weighted by atomic mass is 9.83. The smallest absolute Gasteiger partial charge is 0.256 e. The largest absolute Gasteiger partial charge is 0.477 e. The molecule has 2 rings (SSSR count). The predicted molar refractivity (Wildman–Crippen MR) is 95.4 cm³/mol. The molecule has 1 aromatic heterocycles. The molecule has 0 atom stereocenters. The first-order valence-electron chi connectivity index (χ1n) is 9.16. The summed E-state index contributed by atoms with van der Waals surface area (Å²) < 4.78 is 11.6. The second-order valence-electron chi connectivity index (χ2n) is 6.55. The monoisotopic (exact) mass is 334 g/mol. The number of carbonyl (C=O) groups is 1. The predicted octanol–water partition coefficient (Wildman–Crippen LogP) is 4.25. The highest BCUT2D eigenvalue weighted by molar-refractivity contribution is 5.97. The molecule has 1 aromatic rings. The maximum Gasteiger partial charge on any atom is 0.256 e. The number of hydrogen-bond donors (Lipinski definition) is 1. The Morgan fingerprint density at radius 1 is 1.21 bits per heavy atom. The molecule has 1 amide bonds. The Kier molecular flexibility index (Phi) is 7.03. The third-order valence-corrected chi connectivity index (χ3v) is 4.39. The summed E-state index contributed by atoms with van der Waals surface area (Å²) in [5.41, 5.74) is 0.944. The molecule has 0 aromatic carbocycles. The zero-order valence-corrected chi connectivity index (χ0v) is 15.2. The number of aryl methyl sites for hydroxylation is 1. The lowest BCUT2D eigenvalue weighted by Crippen LogP contribution is -2.47. The van der Waals surface area contributed by atoms with Crippen molar-refractivity contribution >= 4 is 11.6 Å². The zero-order valence-electron chi connectivity index (χ0n) is 15.2. The van der Waals surface area contributed by atoms with E-state index in [1.807, 2.05) is 13.0 Å². The Morgan fingerprint density at radius 2 is 1.92 bits per heavy atom. The van der Waals surface area contributed by atoms with Crippen LogP contribution in [0.3, 0.4) is 0 Å². The molecule has 134 valence electrons. The van der Waals surface area contributed by atoms with Gasteiger partial charge in [-0.1, -0.05) is 33.1 Å². The van der Waals surface area contributed by atoms with Gasteiger partial charge in [0.15, 0.2) is 0 Å². The van der Waals surface area contributed by atoms with E-state index in [0.717, 1.165) is 44.1 Å². The molecule has 1 heterocycles. The van der Waals surface area contributed by atoms with Gasteiger partial charge in [-0.2, -0.15) is 0 Å². The Morgan fingerprint density at radius 3 is 2.54 bits per heavy atom. The second kappa shape index (κ2) is 9.02. The SMILES string of the molecule is CCCOc1ncc(NC(=O)C2(OCCC)CCCCC2)cc1C. The van der Waals surface area contributed by atoms with Gasteiger partial charge in [0.05, 0.1) is 18.5 Å². The fourth-order valence-corrected chi connectivity index (χ4v) is 3.08. The van der Waals surface area contributed by atoms with Crippen LogP contribution in [0.5, 0.6) is 5.88 Å². The molecule has 1 fully saturated rings. The third-order valence-electron chi connectivity index (χ3n) is 4.39. The van der Waals surface area contributed by atoms with Gasteiger partial charge in [-0.3, -0.25) is 4.79 Å². The number of nitrogens with one attached hydrogen (secondary N) is 1. The molecule has 5 heteroatoms. The standard InChI is InChI=1S/C19H30N2O3/c1-4-11-23-17-15(3)13-16(14-20-17)21-18(22)19(24-12-5-2)9-7-6-8-10-19/h13-14H,4-12H2,1-3H3,(H,21,22). The van der Waals surface area contributed by atoms with Gasteiger partial charge >= 0.3 is 0 Å². The summed E-state index contributed by atoms with van der Waals surface area (Å²) >= 11 is 0. The van der Waals surface area contributed by atoms with Crippen molar-refractivity contribution in [2.75, 3.05) is 18.5 Å². The van der Waals surface area contributed by atoms with Crippen LogP contribution in [0.15, 0.2) is 12.3 Å². The quantitative estimate of drug-likeness (QED) is 0.772. The first-order valence-corrected chi connectivity index (χ1v) is 9.16. The zero-order chi connectivity index (χ0) is 17.4. The second-order valence-corrected chi connectivity index (χ2v) is 6.55. The fourth-order valence-electron chi connectivity index (χ4n) is 3.08. The molecule has 0 radical (unpaired) electrons. The molecule has 1 aliphatic carbocycles. The van der Waals surface area contributed by atoms with E-state index in [1.54, 1.807) is 6.20 Å². The van der Waals surface area contributed by atoms with Crippen LogP contribution in [0.2, 0.25) is 0 Å². The summed E-state index contributed by atoms with van der Waals surface area (Å²) in [6, 6.07) is 1.91. The van der Waals surface area contributed by atoms with Crippen LogP contribution in [0, 0.1) is 6.92 Å². The topological polar surface area (TPSA) is 60.5 Å². The van der Waals surface area contributed by atoms with Crippen LogP contribution >= 0.6 is 0 Å². The van der Waals surface area contributed by atoms with Crippen molar-refractivity contribution in [2.24, 2.45) is 0 Å². The molecule has 1 saturated carbocycles. The van der Waals surface area contributed by atoms with E-state index in [4.69, 9.17) is 9.47 Å². The van der Waals surface area contributed by atoms with Crippen LogP contribution in [0.25, 0.3) is 0 Å². The molecule has 5 nitrogen and oxygen atoms in total. The highest BCUT2D eigenvalue weighted by Crippen LogP contribution is 2.33. The van der Waals surface area contributed by atoms with E-state index in [-0.39, 0.29) is 5.91 Å². The van der Waals surface area contributed by atoms with Gasteiger partial charge < -0.3 is 14.8 Å². The molecular formula is C19H30N2O3. The van der Waals surface area contributed by atoms with Gasteiger partial charge in [0.1, 0.15) is 5.60 Å². The number of hydrogen-bond acceptors (Lipinski definition) is 4. The first-order chi connectivity index (χ1) is 11.6. The average Bonchev–Trinajstić information content (AvgIpc) is 2.60. The molecule has 0 unspecified atom stereocenters. The molecule has 0 aliphatic heterocycles. The van der Waals surface area contributed by atoms with E-state index >= 15 is 0 Å². The summed E-state index contributed by atoms with van der Waals surface area (Å²) in [6.07, 6.45) is 8.36. The van der Waals surface area contributed by atoms with E-state index < -0.39 is 5.60 Å². The number of ether oxygens (including phenoxy) is 2. The molecule has 1 N–H and O–H groups in total. The summed E-state index contributed by atoms with van der Waals surface area (Å²) in [7, 11) is 0. The molecule has 1 aliphatic rings. The first kappa shape index (κ1) is 18.7. The number of amides is 1.